The minimum Gasteiger partial charge on any atom is -0.507 e. The molecule has 0 saturated heterocycles. The van der Waals surface area contributed by atoms with Crippen molar-refractivity contribution in [3.63, 3.8) is 0 Å². The first-order valence-electron chi connectivity index (χ1n) is 9.79. The van der Waals surface area contributed by atoms with Gasteiger partial charge < -0.3 is 19.5 Å². The molecule has 0 bridgehead atoms. The topological polar surface area (TPSA) is 87.7 Å². The molecule has 0 unspecified atom stereocenters. The molecule has 156 valence electrons. The summed E-state index contributed by atoms with van der Waals surface area (Å²) in [5, 5.41) is 18.1. The summed E-state index contributed by atoms with van der Waals surface area (Å²) < 4.78 is 10.6. The molecule has 0 radical (unpaired) electrons. The van der Waals surface area contributed by atoms with E-state index < -0.39 is 0 Å². The largest absolute Gasteiger partial charge is 0.507 e. The lowest BCUT2D eigenvalue weighted by Gasteiger charge is -2.26. The molecule has 0 aliphatic carbocycles. The zero-order valence-corrected chi connectivity index (χ0v) is 17.5. The van der Waals surface area contributed by atoms with E-state index in [1.165, 1.54) is 0 Å². The number of hydrogen-bond acceptors (Lipinski definition) is 5. The van der Waals surface area contributed by atoms with Crippen LogP contribution in [0, 0.1) is 13.8 Å². The van der Waals surface area contributed by atoms with E-state index in [4.69, 9.17) is 9.47 Å². The summed E-state index contributed by atoms with van der Waals surface area (Å²) in [7, 11) is 3.23. The van der Waals surface area contributed by atoms with Gasteiger partial charge in [0.1, 0.15) is 22.9 Å². The van der Waals surface area contributed by atoms with Gasteiger partial charge in [0.2, 0.25) is 0 Å². The number of H-pyrrole nitrogens is 1. The third-order valence-corrected chi connectivity index (χ3v) is 5.51. The summed E-state index contributed by atoms with van der Waals surface area (Å²) in [5.41, 5.74) is 5.18. The van der Waals surface area contributed by atoms with Gasteiger partial charge in [0.05, 0.1) is 19.8 Å². The Balaban J connectivity index is 1.92. The van der Waals surface area contributed by atoms with Crippen LogP contribution in [0.1, 0.15) is 38.8 Å². The molecule has 3 aromatic rings. The quantitative estimate of drug-likeness (QED) is 0.652. The lowest BCUT2D eigenvalue weighted by molar-refractivity contribution is 0.0677. The van der Waals surface area contributed by atoms with Crippen LogP contribution >= 0.6 is 0 Å². The van der Waals surface area contributed by atoms with E-state index in [0.29, 0.717) is 35.9 Å². The van der Waals surface area contributed by atoms with Crippen molar-refractivity contribution in [1.29, 1.82) is 0 Å². The van der Waals surface area contributed by atoms with E-state index in [2.05, 4.69) is 10.2 Å². The van der Waals surface area contributed by atoms with Crippen molar-refractivity contribution < 1.29 is 19.4 Å². The van der Waals surface area contributed by atoms with Gasteiger partial charge in [-0.05, 0) is 48.7 Å². The molecule has 2 aromatic carbocycles. The van der Waals surface area contributed by atoms with Crippen molar-refractivity contribution in [2.75, 3.05) is 27.4 Å². The number of carbonyl (C=O) groups excluding carboxylic acids is 1. The van der Waals surface area contributed by atoms with E-state index in [1.54, 1.807) is 25.2 Å². The predicted molar refractivity (Wildman–Crippen MR) is 113 cm³/mol. The van der Waals surface area contributed by atoms with Crippen molar-refractivity contribution in [3.8, 4) is 22.8 Å². The fourth-order valence-corrected chi connectivity index (χ4v) is 4.22. The molecule has 0 fully saturated rings. The minimum atomic E-state index is -0.369. The molecule has 1 aliphatic rings. The van der Waals surface area contributed by atoms with Crippen molar-refractivity contribution in [3.05, 3.63) is 64.3 Å². The zero-order chi connectivity index (χ0) is 21.4. The number of aromatic amines is 1. The van der Waals surface area contributed by atoms with Crippen LogP contribution in [-0.4, -0.2) is 53.5 Å². The number of aromatic hydroxyl groups is 1. The normalized spacial score (nSPS) is 15.5. The predicted octanol–water partition coefficient (Wildman–Crippen LogP) is 3.60. The van der Waals surface area contributed by atoms with Gasteiger partial charge in [0.25, 0.3) is 5.91 Å². The molecule has 1 atom stereocenters. The number of hydrogen-bond donors (Lipinski definition) is 2. The Morgan fingerprint density at radius 2 is 2.00 bits per heavy atom. The summed E-state index contributed by atoms with van der Waals surface area (Å²) in [5.74, 6) is 0.714. The highest BCUT2D eigenvalue weighted by Gasteiger charge is 2.42. The number of fused-ring (bicyclic) bond motifs is 1. The Bertz CT molecular complexity index is 1080. The Labute approximate surface area is 175 Å². The second-order valence-corrected chi connectivity index (χ2v) is 7.51. The van der Waals surface area contributed by atoms with Crippen molar-refractivity contribution in [2.45, 2.75) is 19.9 Å². The first-order chi connectivity index (χ1) is 14.5. The summed E-state index contributed by atoms with van der Waals surface area (Å²) >= 11 is 0. The van der Waals surface area contributed by atoms with Crippen LogP contribution in [0.3, 0.4) is 0 Å². The number of aryl methyl sites for hydroxylation is 2. The maximum absolute atomic E-state index is 13.2. The van der Waals surface area contributed by atoms with Crippen LogP contribution in [-0.2, 0) is 4.74 Å². The maximum atomic E-state index is 13.2. The lowest BCUT2D eigenvalue weighted by Crippen LogP contribution is -2.32. The molecule has 1 aliphatic heterocycles. The number of amides is 1. The third kappa shape index (κ3) is 3.21. The Kier molecular flexibility index (Phi) is 5.22. The molecule has 30 heavy (non-hydrogen) atoms. The van der Waals surface area contributed by atoms with Gasteiger partial charge in [-0.25, -0.2) is 0 Å². The second kappa shape index (κ2) is 7.84. The van der Waals surface area contributed by atoms with Crippen LogP contribution in [0.5, 0.6) is 11.5 Å². The standard InChI is InChI=1S/C23H25N3O4/c1-13-10-14(2)18(17(27)11-13)20-19-21(25-24-20)23(28)26(8-9-29-3)22(19)15-6-5-7-16(12-15)30-4/h5-7,10-12,22,27H,8-9H2,1-4H3,(H,24,25)/t22-/m1/s1. The van der Waals surface area contributed by atoms with E-state index >= 15 is 0 Å². The van der Waals surface area contributed by atoms with Gasteiger partial charge in [-0.1, -0.05) is 18.2 Å². The Morgan fingerprint density at radius 1 is 1.20 bits per heavy atom. The molecule has 2 N–H and O–H groups in total. The van der Waals surface area contributed by atoms with Gasteiger partial charge in [-0.2, -0.15) is 5.10 Å². The third-order valence-electron chi connectivity index (χ3n) is 5.51. The number of nitrogens with zero attached hydrogens (tertiary/aromatic N) is 2. The number of rotatable bonds is 6. The molecule has 4 rings (SSSR count). The van der Waals surface area contributed by atoms with Gasteiger partial charge in [-0.15, -0.1) is 0 Å². The molecular formula is C23H25N3O4. The number of carbonyl (C=O) groups is 1. The van der Waals surface area contributed by atoms with E-state index in [1.807, 2.05) is 44.2 Å². The molecule has 7 heteroatoms. The van der Waals surface area contributed by atoms with Gasteiger partial charge >= 0.3 is 0 Å². The number of ether oxygens (including phenoxy) is 2. The van der Waals surface area contributed by atoms with Gasteiger partial charge in [-0.3, -0.25) is 9.89 Å². The summed E-state index contributed by atoms with van der Waals surface area (Å²) in [4.78, 5) is 15.0. The van der Waals surface area contributed by atoms with E-state index in [0.717, 1.165) is 22.3 Å². The number of benzene rings is 2. The number of phenols is 1. The SMILES string of the molecule is COCCN1C(=O)c2[nH]nc(-c3c(C)cc(C)cc3O)c2[C@H]1c1cccc(OC)c1. The molecule has 1 aromatic heterocycles. The zero-order valence-electron chi connectivity index (χ0n) is 17.5. The first kappa shape index (κ1) is 20.0. The highest BCUT2D eigenvalue weighted by atomic mass is 16.5. The maximum Gasteiger partial charge on any atom is 0.273 e. The molecular weight excluding hydrogens is 382 g/mol. The summed E-state index contributed by atoms with van der Waals surface area (Å²) in [6.45, 7) is 4.70. The van der Waals surface area contributed by atoms with Gasteiger partial charge in [0, 0.05) is 24.8 Å². The first-order valence-corrected chi connectivity index (χ1v) is 9.79. The summed E-state index contributed by atoms with van der Waals surface area (Å²) in [6, 6.07) is 11.0. The fraction of sp³-hybridized carbons (Fsp3) is 0.304. The number of aromatic nitrogens is 2. The monoisotopic (exact) mass is 407 g/mol. The van der Waals surface area contributed by atoms with Crippen molar-refractivity contribution in [2.24, 2.45) is 0 Å². The Hall–Kier alpha value is -3.32. The molecule has 7 nitrogen and oxygen atoms in total. The van der Waals surface area contributed by atoms with Crippen molar-refractivity contribution >= 4 is 5.91 Å². The van der Waals surface area contributed by atoms with Crippen molar-refractivity contribution in [1.82, 2.24) is 15.1 Å². The fourth-order valence-electron chi connectivity index (χ4n) is 4.22. The minimum absolute atomic E-state index is 0.141. The van der Waals surface area contributed by atoms with Crippen LogP contribution in [0.25, 0.3) is 11.3 Å². The number of methoxy groups -OCH3 is 2. The highest BCUT2D eigenvalue weighted by molar-refractivity contribution is 6.00. The van der Waals surface area contributed by atoms with E-state index in [9.17, 15) is 9.90 Å². The highest BCUT2D eigenvalue weighted by Crippen LogP contribution is 2.45. The lowest BCUT2D eigenvalue weighted by atomic mass is 9.93. The molecule has 0 spiro atoms. The molecule has 2 heterocycles. The Morgan fingerprint density at radius 3 is 2.70 bits per heavy atom. The molecule has 0 saturated carbocycles. The average molecular weight is 407 g/mol. The van der Waals surface area contributed by atoms with E-state index in [-0.39, 0.29) is 17.7 Å². The van der Waals surface area contributed by atoms with Crippen LogP contribution in [0.2, 0.25) is 0 Å². The van der Waals surface area contributed by atoms with Crippen LogP contribution < -0.4 is 4.74 Å². The second-order valence-electron chi connectivity index (χ2n) is 7.51. The van der Waals surface area contributed by atoms with Crippen LogP contribution in [0.15, 0.2) is 36.4 Å². The van der Waals surface area contributed by atoms with Gasteiger partial charge in [0.15, 0.2) is 0 Å². The smallest absolute Gasteiger partial charge is 0.273 e. The van der Waals surface area contributed by atoms with Crippen LogP contribution in [0.4, 0.5) is 0 Å². The average Bonchev–Trinajstić information content (AvgIpc) is 3.25. The number of phenolic OH excluding ortho intramolecular Hbond substituents is 1. The number of nitrogens with one attached hydrogen (secondary N) is 1. The summed E-state index contributed by atoms with van der Waals surface area (Å²) in [6.07, 6.45) is 0. The molecule has 1 amide bonds.